The number of methoxy groups -OCH3 is 1. The zero-order chi connectivity index (χ0) is 19.9. The van der Waals surface area contributed by atoms with Gasteiger partial charge in [0.05, 0.1) is 24.1 Å². The molecular formula is C22H25FN2O3. The molecule has 1 heterocycles. The third-order valence-electron chi connectivity index (χ3n) is 5.11. The van der Waals surface area contributed by atoms with Gasteiger partial charge >= 0.3 is 0 Å². The molecular weight excluding hydrogens is 359 g/mol. The largest absolute Gasteiger partial charge is 0.383 e. The number of halogens is 1. The summed E-state index contributed by atoms with van der Waals surface area (Å²) in [6, 6.07) is 15.5. The van der Waals surface area contributed by atoms with Crippen molar-refractivity contribution in [3.8, 4) is 0 Å². The highest BCUT2D eigenvalue weighted by Gasteiger charge is 2.36. The van der Waals surface area contributed by atoms with Crippen LogP contribution in [0, 0.1) is 11.7 Å². The van der Waals surface area contributed by atoms with Crippen molar-refractivity contribution in [2.45, 2.75) is 18.9 Å². The van der Waals surface area contributed by atoms with Gasteiger partial charge in [-0.3, -0.25) is 9.59 Å². The molecule has 1 saturated heterocycles. The van der Waals surface area contributed by atoms with E-state index in [4.69, 9.17) is 4.74 Å². The van der Waals surface area contributed by atoms with Gasteiger partial charge in [-0.25, -0.2) is 4.39 Å². The molecule has 6 heteroatoms. The van der Waals surface area contributed by atoms with Crippen molar-refractivity contribution in [3.05, 3.63) is 71.5 Å². The molecule has 2 amide bonds. The van der Waals surface area contributed by atoms with Gasteiger partial charge in [0.2, 0.25) is 5.91 Å². The highest BCUT2D eigenvalue weighted by molar-refractivity contribution is 5.95. The van der Waals surface area contributed by atoms with E-state index in [1.807, 2.05) is 30.3 Å². The summed E-state index contributed by atoms with van der Waals surface area (Å²) in [6.45, 7) is 1.11. The van der Waals surface area contributed by atoms with E-state index in [2.05, 4.69) is 5.32 Å². The molecule has 1 aliphatic heterocycles. The number of amides is 2. The average Bonchev–Trinajstić information content (AvgIpc) is 2.74. The van der Waals surface area contributed by atoms with Gasteiger partial charge in [0.25, 0.3) is 5.91 Å². The minimum Gasteiger partial charge on any atom is -0.383 e. The molecule has 0 aromatic heterocycles. The molecule has 3 rings (SSSR count). The van der Waals surface area contributed by atoms with Crippen molar-refractivity contribution in [2.24, 2.45) is 5.92 Å². The summed E-state index contributed by atoms with van der Waals surface area (Å²) in [5.74, 6) is -1.37. The number of piperidine rings is 1. The van der Waals surface area contributed by atoms with Crippen LogP contribution in [0.15, 0.2) is 54.6 Å². The summed E-state index contributed by atoms with van der Waals surface area (Å²) < 4.78 is 19.2. The van der Waals surface area contributed by atoms with E-state index in [1.54, 1.807) is 24.1 Å². The monoisotopic (exact) mass is 384 g/mol. The van der Waals surface area contributed by atoms with Crippen LogP contribution >= 0.6 is 0 Å². The van der Waals surface area contributed by atoms with Gasteiger partial charge in [0.1, 0.15) is 5.82 Å². The molecule has 0 unspecified atom stereocenters. The molecule has 28 heavy (non-hydrogen) atoms. The molecule has 148 valence electrons. The van der Waals surface area contributed by atoms with Crippen molar-refractivity contribution >= 4 is 11.8 Å². The summed E-state index contributed by atoms with van der Waals surface area (Å²) in [4.78, 5) is 27.3. The Hall–Kier alpha value is -2.73. The topological polar surface area (TPSA) is 58.6 Å². The predicted octanol–water partition coefficient (Wildman–Crippen LogP) is 3.18. The first-order valence-corrected chi connectivity index (χ1v) is 9.49. The number of ether oxygens (including phenoxy) is 1. The molecule has 2 aromatic rings. The van der Waals surface area contributed by atoms with Gasteiger partial charge in [-0.05, 0) is 30.5 Å². The van der Waals surface area contributed by atoms with Crippen LogP contribution < -0.4 is 5.32 Å². The summed E-state index contributed by atoms with van der Waals surface area (Å²) in [6.07, 6.45) is 1.31. The van der Waals surface area contributed by atoms with Gasteiger partial charge in [-0.2, -0.15) is 0 Å². The fraction of sp³-hybridized carbons (Fsp3) is 0.364. The minimum atomic E-state index is -0.550. The molecule has 0 bridgehead atoms. The van der Waals surface area contributed by atoms with Crippen molar-refractivity contribution in [2.75, 3.05) is 26.8 Å². The van der Waals surface area contributed by atoms with Gasteiger partial charge < -0.3 is 15.0 Å². The molecule has 2 aromatic carbocycles. The van der Waals surface area contributed by atoms with E-state index in [-0.39, 0.29) is 35.9 Å². The number of hydrogen-bond acceptors (Lipinski definition) is 3. The van der Waals surface area contributed by atoms with Crippen LogP contribution in [0.25, 0.3) is 0 Å². The molecule has 0 saturated carbocycles. The number of rotatable bonds is 6. The zero-order valence-corrected chi connectivity index (χ0v) is 15.9. The van der Waals surface area contributed by atoms with Crippen molar-refractivity contribution in [1.29, 1.82) is 0 Å². The summed E-state index contributed by atoms with van der Waals surface area (Å²) in [5, 5.41) is 2.84. The number of nitrogens with zero attached hydrogens (tertiary/aromatic N) is 1. The van der Waals surface area contributed by atoms with Crippen LogP contribution in [0.2, 0.25) is 0 Å². The normalized spacial score (nSPS) is 19.3. The van der Waals surface area contributed by atoms with E-state index >= 15 is 0 Å². The van der Waals surface area contributed by atoms with Gasteiger partial charge in [0.15, 0.2) is 0 Å². The second kappa shape index (κ2) is 9.46. The summed E-state index contributed by atoms with van der Waals surface area (Å²) in [7, 11) is 1.58. The number of carbonyl (C=O) groups is 2. The number of nitrogens with one attached hydrogen (secondary N) is 1. The standard InChI is InChI=1S/C22H25FN2O3/c1-28-14-13-24-21(26)17-11-12-20(16-7-3-2-4-8-16)25(15-17)22(27)18-9-5-6-10-19(18)23/h2-10,17,20H,11-15H2,1H3,(H,24,26)/t17-,20-/m0/s1. The Morgan fingerprint density at radius 2 is 1.82 bits per heavy atom. The first-order chi connectivity index (χ1) is 13.6. The van der Waals surface area contributed by atoms with E-state index in [0.29, 0.717) is 26.0 Å². The highest BCUT2D eigenvalue weighted by Crippen LogP contribution is 2.34. The number of benzene rings is 2. The average molecular weight is 384 g/mol. The molecule has 5 nitrogen and oxygen atoms in total. The van der Waals surface area contributed by atoms with Crippen LogP contribution in [-0.4, -0.2) is 43.5 Å². The molecule has 0 spiro atoms. The lowest BCUT2D eigenvalue weighted by molar-refractivity contribution is -0.127. The second-order valence-electron chi connectivity index (χ2n) is 6.92. The van der Waals surface area contributed by atoms with E-state index in [1.165, 1.54) is 12.1 Å². The van der Waals surface area contributed by atoms with Gasteiger partial charge in [-0.15, -0.1) is 0 Å². The first kappa shape index (κ1) is 20.0. The van der Waals surface area contributed by atoms with E-state index < -0.39 is 5.82 Å². The lowest BCUT2D eigenvalue weighted by Crippen LogP contribution is -2.47. The Balaban J connectivity index is 1.84. The number of carbonyl (C=O) groups excluding carboxylic acids is 2. The Bertz CT molecular complexity index is 812. The second-order valence-corrected chi connectivity index (χ2v) is 6.92. The van der Waals surface area contributed by atoms with Crippen molar-refractivity contribution in [1.82, 2.24) is 10.2 Å². The Morgan fingerprint density at radius 3 is 2.54 bits per heavy atom. The Morgan fingerprint density at radius 1 is 1.11 bits per heavy atom. The van der Waals surface area contributed by atoms with Crippen LogP contribution in [-0.2, 0) is 9.53 Å². The highest BCUT2D eigenvalue weighted by atomic mass is 19.1. The fourth-order valence-electron chi connectivity index (χ4n) is 3.64. The molecule has 2 atom stereocenters. The van der Waals surface area contributed by atoms with Gasteiger partial charge in [0, 0.05) is 20.2 Å². The van der Waals surface area contributed by atoms with Crippen LogP contribution in [0.1, 0.15) is 34.8 Å². The van der Waals surface area contributed by atoms with E-state index in [0.717, 1.165) is 5.56 Å². The van der Waals surface area contributed by atoms with Crippen molar-refractivity contribution in [3.63, 3.8) is 0 Å². The SMILES string of the molecule is COCCNC(=O)[C@H]1CC[C@@H](c2ccccc2)N(C(=O)c2ccccc2F)C1. The van der Waals surface area contributed by atoms with Gasteiger partial charge in [-0.1, -0.05) is 42.5 Å². The lowest BCUT2D eigenvalue weighted by Gasteiger charge is -2.39. The molecule has 0 aliphatic carbocycles. The van der Waals surface area contributed by atoms with E-state index in [9.17, 15) is 14.0 Å². The number of likely N-dealkylation sites (tertiary alicyclic amines) is 1. The molecule has 1 aliphatic rings. The lowest BCUT2D eigenvalue weighted by atomic mass is 9.87. The van der Waals surface area contributed by atoms with Crippen LogP contribution in [0.4, 0.5) is 4.39 Å². The zero-order valence-electron chi connectivity index (χ0n) is 15.9. The summed E-state index contributed by atoms with van der Waals surface area (Å²) >= 11 is 0. The van der Waals surface area contributed by atoms with Crippen molar-refractivity contribution < 1.29 is 18.7 Å². The third kappa shape index (κ3) is 4.57. The summed E-state index contributed by atoms with van der Waals surface area (Å²) in [5.41, 5.74) is 1.02. The molecule has 0 radical (unpaired) electrons. The fourth-order valence-corrected chi connectivity index (χ4v) is 3.64. The predicted molar refractivity (Wildman–Crippen MR) is 104 cm³/mol. The maximum atomic E-state index is 14.2. The first-order valence-electron chi connectivity index (χ1n) is 9.49. The quantitative estimate of drug-likeness (QED) is 0.779. The Labute approximate surface area is 164 Å². The maximum Gasteiger partial charge on any atom is 0.257 e. The smallest absolute Gasteiger partial charge is 0.257 e. The van der Waals surface area contributed by atoms with Crippen LogP contribution in [0.5, 0.6) is 0 Å². The molecule has 1 N–H and O–H groups in total. The molecule has 1 fully saturated rings. The Kier molecular flexibility index (Phi) is 6.76. The minimum absolute atomic E-state index is 0.0314. The maximum absolute atomic E-state index is 14.2. The van der Waals surface area contributed by atoms with Crippen LogP contribution in [0.3, 0.4) is 0 Å². The third-order valence-corrected chi connectivity index (χ3v) is 5.11. The number of hydrogen-bond donors (Lipinski definition) is 1.